The Morgan fingerprint density at radius 3 is 2.63 bits per heavy atom. The lowest BCUT2D eigenvalue weighted by atomic mass is 10.2. The van der Waals surface area contributed by atoms with Gasteiger partial charge in [0.05, 0.1) is 10.7 Å². The second-order valence-corrected chi connectivity index (χ2v) is 7.92. The molecule has 150 valence electrons. The van der Waals surface area contributed by atoms with Gasteiger partial charge in [0, 0.05) is 21.7 Å². The minimum Gasteiger partial charge on any atom is -0.436 e. The summed E-state index contributed by atoms with van der Waals surface area (Å²) in [6.45, 7) is 1.99. The lowest BCUT2D eigenvalue weighted by Gasteiger charge is -2.06. The average molecular weight is 458 g/mol. The van der Waals surface area contributed by atoms with Crippen molar-refractivity contribution in [2.45, 2.75) is 6.92 Å². The van der Waals surface area contributed by atoms with E-state index < -0.39 is 0 Å². The SMILES string of the molecule is Cc1ccc2oc(-c3ccc(Cl)c(NC(=O)/C=C/c4ccc(Cl)cc4Cl)c3)nc2c1. The molecule has 4 rings (SSSR count). The van der Waals surface area contributed by atoms with E-state index in [-0.39, 0.29) is 5.91 Å². The predicted octanol–water partition coefficient (Wildman–Crippen LogP) is 7.42. The second kappa shape index (κ2) is 8.52. The summed E-state index contributed by atoms with van der Waals surface area (Å²) in [5.74, 6) is 0.0968. The summed E-state index contributed by atoms with van der Waals surface area (Å²) >= 11 is 18.3. The summed E-state index contributed by atoms with van der Waals surface area (Å²) in [7, 11) is 0. The van der Waals surface area contributed by atoms with Crippen molar-refractivity contribution >= 4 is 63.6 Å². The van der Waals surface area contributed by atoms with E-state index in [9.17, 15) is 4.79 Å². The molecule has 0 aliphatic heterocycles. The molecule has 1 heterocycles. The van der Waals surface area contributed by atoms with Crippen LogP contribution in [0.25, 0.3) is 28.6 Å². The molecule has 0 aliphatic carbocycles. The Kier molecular flexibility index (Phi) is 5.82. The number of aromatic nitrogens is 1. The van der Waals surface area contributed by atoms with Crippen molar-refractivity contribution in [2.24, 2.45) is 0 Å². The van der Waals surface area contributed by atoms with Gasteiger partial charge in [-0.3, -0.25) is 4.79 Å². The zero-order chi connectivity index (χ0) is 21.3. The number of nitrogens with one attached hydrogen (secondary N) is 1. The van der Waals surface area contributed by atoms with Gasteiger partial charge in [0.15, 0.2) is 5.58 Å². The van der Waals surface area contributed by atoms with Gasteiger partial charge in [-0.25, -0.2) is 4.98 Å². The van der Waals surface area contributed by atoms with E-state index in [1.54, 1.807) is 42.5 Å². The summed E-state index contributed by atoms with van der Waals surface area (Å²) < 4.78 is 5.83. The van der Waals surface area contributed by atoms with E-state index in [0.29, 0.717) is 43.4 Å². The Balaban J connectivity index is 1.56. The molecule has 0 bridgehead atoms. The molecule has 0 radical (unpaired) electrons. The van der Waals surface area contributed by atoms with Crippen LogP contribution in [0.4, 0.5) is 5.69 Å². The first-order valence-corrected chi connectivity index (χ1v) is 10.1. The Labute approximate surface area is 188 Å². The molecule has 4 aromatic rings. The van der Waals surface area contributed by atoms with Crippen LogP contribution in [0.15, 0.2) is 65.1 Å². The van der Waals surface area contributed by atoms with Gasteiger partial charge in [-0.2, -0.15) is 0 Å². The van der Waals surface area contributed by atoms with Gasteiger partial charge in [0.25, 0.3) is 0 Å². The van der Waals surface area contributed by atoms with E-state index >= 15 is 0 Å². The van der Waals surface area contributed by atoms with E-state index in [0.717, 1.165) is 11.1 Å². The number of aryl methyl sites for hydroxylation is 1. The molecule has 4 nitrogen and oxygen atoms in total. The molecule has 0 atom stereocenters. The van der Waals surface area contributed by atoms with Gasteiger partial charge in [0.2, 0.25) is 11.8 Å². The van der Waals surface area contributed by atoms with Crippen LogP contribution in [0.1, 0.15) is 11.1 Å². The third-order valence-corrected chi connectivity index (χ3v) is 5.28. The Morgan fingerprint density at radius 1 is 1.00 bits per heavy atom. The van der Waals surface area contributed by atoms with Gasteiger partial charge < -0.3 is 9.73 Å². The van der Waals surface area contributed by atoms with Gasteiger partial charge in [-0.05, 0) is 66.6 Å². The Bertz CT molecular complexity index is 1300. The van der Waals surface area contributed by atoms with Crippen LogP contribution in [-0.4, -0.2) is 10.9 Å². The molecule has 0 aliphatic rings. The molecule has 1 aromatic heterocycles. The molecule has 0 fully saturated rings. The fourth-order valence-corrected chi connectivity index (χ4v) is 3.53. The van der Waals surface area contributed by atoms with Crippen LogP contribution in [0.3, 0.4) is 0 Å². The highest BCUT2D eigenvalue weighted by atomic mass is 35.5. The number of hydrogen-bond acceptors (Lipinski definition) is 3. The highest BCUT2D eigenvalue weighted by molar-refractivity contribution is 6.35. The zero-order valence-corrected chi connectivity index (χ0v) is 18.0. The smallest absolute Gasteiger partial charge is 0.248 e. The van der Waals surface area contributed by atoms with E-state index in [2.05, 4.69) is 10.3 Å². The molecule has 0 saturated carbocycles. The first-order valence-electron chi connectivity index (χ1n) is 9.00. The van der Waals surface area contributed by atoms with E-state index in [1.807, 2.05) is 25.1 Å². The molecule has 1 N–H and O–H groups in total. The van der Waals surface area contributed by atoms with Crippen molar-refractivity contribution in [2.75, 3.05) is 5.32 Å². The van der Waals surface area contributed by atoms with Crippen LogP contribution >= 0.6 is 34.8 Å². The van der Waals surface area contributed by atoms with Crippen molar-refractivity contribution < 1.29 is 9.21 Å². The number of hydrogen-bond donors (Lipinski definition) is 1. The number of oxazole rings is 1. The highest BCUT2D eigenvalue weighted by Crippen LogP contribution is 2.31. The van der Waals surface area contributed by atoms with Crippen LogP contribution in [0, 0.1) is 6.92 Å². The Morgan fingerprint density at radius 2 is 1.83 bits per heavy atom. The van der Waals surface area contributed by atoms with Crippen molar-refractivity contribution in [1.82, 2.24) is 4.98 Å². The van der Waals surface area contributed by atoms with Crippen LogP contribution in [0.2, 0.25) is 15.1 Å². The zero-order valence-electron chi connectivity index (χ0n) is 15.7. The maximum Gasteiger partial charge on any atom is 0.248 e. The third kappa shape index (κ3) is 4.51. The third-order valence-electron chi connectivity index (χ3n) is 4.39. The number of amides is 1. The summed E-state index contributed by atoms with van der Waals surface area (Å²) in [6, 6.07) is 16.0. The van der Waals surface area contributed by atoms with E-state index in [1.165, 1.54) is 6.08 Å². The van der Waals surface area contributed by atoms with Crippen LogP contribution in [0.5, 0.6) is 0 Å². The fourth-order valence-electron chi connectivity index (χ4n) is 2.89. The fraction of sp³-hybridized carbons (Fsp3) is 0.0435. The summed E-state index contributed by atoms with van der Waals surface area (Å²) in [4.78, 5) is 16.9. The number of nitrogens with zero attached hydrogens (tertiary/aromatic N) is 1. The number of carbonyl (C=O) groups excluding carboxylic acids is 1. The van der Waals surface area contributed by atoms with Crippen molar-refractivity contribution in [3.63, 3.8) is 0 Å². The van der Waals surface area contributed by atoms with Gasteiger partial charge >= 0.3 is 0 Å². The Hall–Kier alpha value is -2.79. The maximum atomic E-state index is 12.4. The number of anilines is 1. The molecule has 7 heteroatoms. The molecule has 1 amide bonds. The summed E-state index contributed by atoms with van der Waals surface area (Å²) in [6.07, 6.45) is 2.98. The monoisotopic (exact) mass is 456 g/mol. The molecule has 0 spiro atoms. The van der Waals surface area contributed by atoms with Crippen molar-refractivity contribution in [1.29, 1.82) is 0 Å². The van der Waals surface area contributed by atoms with Gasteiger partial charge in [-0.15, -0.1) is 0 Å². The second-order valence-electron chi connectivity index (χ2n) is 6.67. The topological polar surface area (TPSA) is 55.1 Å². The number of carbonyl (C=O) groups is 1. The first-order chi connectivity index (χ1) is 14.4. The van der Waals surface area contributed by atoms with Crippen LogP contribution < -0.4 is 5.32 Å². The standard InChI is InChI=1S/C23H15Cl3N2O2/c1-13-2-8-21-20(10-13)28-23(30-21)15-4-7-17(25)19(11-15)27-22(29)9-5-14-3-6-16(24)12-18(14)26/h2-12H,1H3,(H,27,29)/b9-5+. The molecular formula is C23H15Cl3N2O2. The van der Waals surface area contributed by atoms with E-state index in [4.69, 9.17) is 39.2 Å². The molecular weight excluding hydrogens is 443 g/mol. The quantitative estimate of drug-likeness (QED) is 0.324. The largest absolute Gasteiger partial charge is 0.436 e. The lowest BCUT2D eigenvalue weighted by Crippen LogP contribution is -2.08. The molecule has 3 aromatic carbocycles. The normalized spacial score (nSPS) is 11.3. The number of rotatable bonds is 4. The number of fused-ring (bicyclic) bond motifs is 1. The predicted molar refractivity (Wildman–Crippen MR) is 123 cm³/mol. The number of benzene rings is 3. The summed E-state index contributed by atoms with van der Waals surface area (Å²) in [5.41, 5.74) is 4.39. The average Bonchev–Trinajstić information content (AvgIpc) is 3.12. The minimum atomic E-state index is -0.353. The highest BCUT2D eigenvalue weighted by Gasteiger charge is 2.12. The summed E-state index contributed by atoms with van der Waals surface area (Å²) in [5, 5.41) is 4.15. The molecule has 0 saturated heterocycles. The molecule has 30 heavy (non-hydrogen) atoms. The van der Waals surface area contributed by atoms with Gasteiger partial charge in [0.1, 0.15) is 5.52 Å². The minimum absolute atomic E-state index is 0.353. The maximum absolute atomic E-state index is 12.4. The van der Waals surface area contributed by atoms with Crippen molar-refractivity contribution in [3.8, 4) is 11.5 Å². The number of halogens is 3. The van der Waals surface area contributed by atoms with Crippen LogP contribution in [-0.2, 0) is 4.79 Å². The van der Waals surface area contributed by atoms with Gasteiger partial charge in [-0.1, -0.05) is 46.9 Å². The molecule has 0 unspecified atom stereocenters. The first kappa shape index (κ1) is 20.5. The lowest BCUT2D eigenvalue weighted by molar-refractivity contribution is -0.111. The van der Waals surface area contributed by atoms with Crippen molar-refractivity contribution in [3.05, 3.63) is 86.9 Å².